The van der Waals surface area contributed by atoms with Gasteiger partial charge < -0.3 is 20.5 Å². The maximum Gasteiger partial charge on any atom is 0.319 e. The van der Waals surface area contributed by atoms with Crippen molar-refractivity contribution in [2.75, 3.05) is 25.5 Å². The zero-order chi connectivity index (χ0) is 21.2. The fraction of sp³-hybridized carbons (Fsp3) is 0.526. The normalized spacial score (nSPS) is 21.1. The molecule has 1 atom stereocenters. The Morgan fingerprint density at radius 3 is 2.55 bits per heavy atom. The average Bonchev–Trinajstić information content (AvgIpc) is 3.08. The van der Waals surface area contributed by atoms with E-state index in [9.17, 15) is 18.3 Å². The number of hydrogen-bond acceptors (Lipinski definition) is 5. The highest BCUT2D eigenvalue weighted by molar-refractivity contribution is 7.89. The fourth-order valence-electron chi connectivity index (χ4n) is 3.68. The molecule has 29 heavy (non-hydrogen) atoms. The highest BCUT2D eigenvalue weighted by atomic mass is 35.5. The summed E-state index contributed by atoms with van der Waals surface area (Å²) in [6, 6.07) is 2.14. The zero-order valence-electron chi connectivity index (χ0n) is 16.4. The van der Waals surface area contributed by atoms with Crippen molar-refractivity contribution in [1.29, 1.82) is 0 Å². The minimum atomic E-state index is -4.03. The number of nitrogens with zero attached hydrogens (tertiary/aromatic N) is 1. The number of nitrogens with one attached hydrogen (secondary N) is 2. The fourth-order valence-corrected chi connectivity index (χ4v) is 5.74. The standard InChI is InChI=1S/C19H26ClN3O5S/c1-12-4-3-5-15(12)21-19(25)22-16-7-6-14(20)18(17(16)24)29(26,27)23-10-8-13(28-2)9-11-23/h4,6-7,13,15,24H,3,5,8-11H2,1-2H3,(H2,21,22,25). The largest absolute Gasteiger partial charge is 0.504 e. The van der Waals surface area contributed by atoms with Gasteiger partial charge in [-0.15, -0.1) is 0 Å². The van der Waals surface area contributed by atoms with Gasteiger partial charge in [0, 0.05) is 20.2 Å². The van der Waals surface area contributed by atoms with E-state index in [0.717, 1.165) is 18.4 Å². The number of hydrogen-bond donors (Lipinski definition) is 3. The summed E-state index contributed by atoms with van der Waals surface area (Å²) in [5.41, 5.74) is 1.06. The van der Waals surface area contributed by atoms with Crippen molar-refractivity contribution in [2.24, 2.45) is 0 Å². The Morgan fingerprint density at radius 2 is 1.97 bits per heavy atom. The number of aromatic hydroxyl groups is 1. The van der Waals surface area contributed by atoms with Crippen LogP contribution in [0.15, 0.2) is 28.7 Å². The summed E-state index contributed by atoms with van der Waals surface area (Å²) >= 11 is 6.13. The monoisotopic (exact) mass is 443 g/mol. The number of ether oxygens (including phenoxy) is 1. The molecule has 3 N–H and O–H groups in total. The molecular formula is C19H26ClN3O5S. The molecule has 10 heteroatoms. The lowest BCUT2D eigenvalue weighted by Gasteiger charge is -2.31. The number of amides is 2. The molecule has 0 spiro atoms. The van der Waals surface area contributed by atoms with Gasteiger partial charge in [0.1, 0.15) is 4.90 Å². The van der Waals surface area contributed by atoms with Crippen LogP contribution in [-0.4, -0.2) is 56.2 Å². The number of urea groups is 1. The minimum absolute atomic E-state index is 0.00955. The Morgan fingerprint density at radius 1 is 1.28 bits per heavy atom. The van der Waals surface area contributed by atoms with E-state index >= 15 is 0 Å². The molecule has 0 aromatic heterocycles. The second kappa shape index (κ2) is 8.91. The Bertz CT molecular complexity index is 911. The molecule has 1 aromatic rings. The molecule has 1 saturated heterocycles. The number of halogens is 1. The molecule has 1 unspecified atom stereocenters. The summed E-state index contributed by atoms with van der Waals surface area (Å²) in [5, 5.41) is 15.9. The van der Waals surface area contributed by atoms with Gasteiger partial charge in [-0.1, -0.05) is 23.3 Å². The van der Waals surface area contributed by atoms with Gasteiger partial charge in [-0.25, -0.2) is 13.2 Å². The van der Waals surface area contributed by atoms with Gasteiger partial charge in [0.15, 0.2) is 5.75 Å². The number of phenols is 1. The molecule has 1 heterocycles. The van der Waals surface area contributed by atoms with Gasteiger partial charge in [-0.3, -0.25) is 0 Å². The van der Waals surface area contributed by atoms with Crippen molar-refractivity contribution in [3.63, 3.8) is 0 Å². The first-order valence-electron chi connectivity index (χ1n) is 9.52. The van der Waals surface area contributed by atoms with E-state index in [2.05, 4.69) is 16.7 Å². The summed E-state index contributed by atoms with van der Waals surface area (Å²) in [6.45, 7) is 2.47. The van der Waals surface area contributed by atoms with Crippen LogP contribution in [0, 0.1) is 0 Å². The first-order chi connectivity index (χ1) is 13.7. The van der Waals surface area contributed by atoms with Crippen LogP contribution >= 0.6 is 11.6 Å². The lowest BCUT2D eigenvalue weighted by Crippen LogP contribution is -2.40. The van der Waals surface area contributed by atoms with Gasteiger partial charge in [0.25, 0.3) is 0 Å². The second-order valence-electron chi connectivity index (χ2n) is 7.29. The Hall–Kier alpha value is -1.81. The van der Waals surface area contributed by atoms with E-state index in [1.807, 2.05) is 6.92 Å². The number of rotatable bonds is 5. The van der Waals surface area contributed by atoms with Gasteiger partial charge in [-0.2, -0.15) is 4.31 Å². The molecule has 1 aromatic carbocycles. The first-order valence-corrected chi connectivity index (χ1v) is 11.3. The number of allylic oxidation sites excluding steroid dienone is 1. The molecule has 1 aliphatic heterocycles. The first kappa shape index (κ1) is 21.9. The number of phenolic OH excluding ortho intramolecular Hbond substituents is 1. The van der Waals surface area contributed by atoms with Crippen LogP contribution in [0.3, 0.4) is 0 Å². The van der Waals surface area contributed by atoms with Gasteiger partial charge in [0.2, 0.25) is 10.0 Å². The van der Waals surface area contributed by atoms with Crippen molar-refractivity contribution in [2.45, 2.75) is 49.6 Å². The van der Waals surface area contributed by atoms with Gasteiger partial charge in [-0.05, 0) is 44.7 Å². The molecular weight excluding hydrogens is 418 g/mol. The van der Waals surface area contributed by atoms with Crippen LogP contribution < -0.4 is 10.6 Å². The Balaban J connectivity index is 1.79. The topological polar surface area (TPSA) is 108 Å². The molecule has 0 saturated carbocycles. The lowest BCUT2D eigenvalue weighted by atomic mass is 10.1. The quantitative estimate of drug-likeness (QED) is 0.478. The maximum absolute atomic E-state index is 13.1. The summed E-state index contributed by atoms with van der Waals surface area (Å²) < 4.78 is 32.7. The SMILES string of the molecule is COC1CCN(S(=O)(=O)c2c(Cl)ccc(NC(=O)NC3CCC=C3C)c2O)CC1. The summed E-state index contributed by atoms with van der Waals surface area (Å²) in [7, 11) is -2.43. The van der Waals surface area contributed by atoms with Crippen molar-refractivity contribution in [3.05, 3.63) is 28.8 Å². The smallest absolute Gasteiger partial charge is 0.319 e. The second-order valence-corrected chi connectivity index (χ2v) is 9.57. The third-order valence-corrected chi connectivity index (χ3v) is 7.84. The number of carbonyl (C=O) groups excluding carboxylic acids is 1. The molecule has 0 bridgehead atoms. The van der Waals surface area contributed by atoms with Crippen molar-refractivity contribution in [3.8, 4) is 5.75 Å². The van der Waals surface area contributed by atoms with Crippen molar-refractivity contribution >= 4 is 33.3 Å². The van der Waals surface area contributed by atoms with Crippen LogP contribution in [-0.2, 0) is 14.8 Å². The molecule has 1 fully saturated rings. The Labute approximate surface area is 175 Å². The number of benzene rings is 1. The van der Waals surface area contributed by atoms with E-state index in [4.69, 9.17) is 16.3 Å². The van der Waals surface area contributed by atoms with Crippen molar-refractivity contribution in [1.82, 2.24) is 9.62 Å². The highest BCUT2D eigenvalue weighted by Crippen LogP contribution is 2.39. The summed E-state index contributed by atoms with van der Waals surface area (Å²) in [5.74, 6) is -0.569. The molecule has 8 nitrogen and oxygen atoms in total. The lowest BCUT2D eigenvalue weighted by molar-refractivity contribution is 0.0604. The van der Waals surface area contributed by atoms with Crippen molar-refractivity contribution < 1.29 is 23.1 Å². The summed E-state index contributed by atoms with van der Waals surface area (Å²) in [4.78, 5) is 11.9. The predicted octanol–water partition coefficient (Wildman–Crippen LogP) is 3.08. The maximum atomic E-state index is 13.1. The van der Waals surface area contributed by atoms with Gasteiger partial charge >= 0.3 is 6.03 Å². The number of piperidine rings is 1. The van der Waals surface area contributed by atoms with Gasteiger partial charge in [0.05, 0.1) is 22.9 Å². The molecule has 0 radical (unpaired) electrons. The number of anilines is 1. The zero-order valence-corrected chi connectivity index (χ0v) is 18.0. The molecule has 2 amide bonds. The van der Waals surface area contributed by atoms with E-state index in [1.165, 1.54) is 16.4 Å². The molecule has 160 valence electrons. The van der Waals surface area contributed by atoms with E-state index in [0.29, 0.717) is 12.8 Å². The third kappa shape index (κ3) is 4.69. The highest BCUT2D eigenvalue weighted by Gasteiger charge is 2.34. The van der Waals surface area contributed by atoms with E-state index in [-0.39, 0.29) is 35.9 Å². The predicted molar refractivity (Wildman–Crippen MR) is 111 cm³/mol. The third-order valence-electron chi connectivity index (χ3n) is 5.44. The number of sulfonamides is 1. The van der Waals surface area contributed by atoms with Crippen LogP contribution in [0.1, 0.15) is 32.6 Å². The van der Waals surface area contributed by atoms with Crippen LogP contribution in [0.4, 0.5) is 10.5 Å². The van der Waals surface area contributed by atoms with Crippen LogP contribution in [0.2, 0.25) is 5.02 Å². The van der Waals surface area contributed by atoms with E-state index in [1.54, 1.807) is 7.11 Å². The summed E-state index contributed by atoms with van der Waals surface area (Å²) in [6.07, 6.45) is 4.89. The van der Waals surface area contributed by atoms with Crippen LogP contribution in [0.5, 0.6) is 5.75 Å². The average molecular weight is 444 g/mol. The van der Waals surface area contributed by atoms with E-state index < -0.39 is 26.7 Å². The number of methoxy groups -OCH3 is 1. The van der Waals surface area contributed by atoms with Crippen LogP contribution in [0.25, 0.3) is 0 Å². The minimum Gasteiger partial charge on any atom is -0.504 e. The Kier molecular flexibility index (Phi) is 6.72. The molecule has 3 rings (SSSR count). The molecule has 1 aliphatic carbocycles. The number of carbonyl (C=O) groups is 1. The molecule has 2 aliphatic rings.